The molecular formula is C28H26N4O6. The van der Waals surface area contributed by atoms with Crippen molar-refractivity contribution in [2.24, 2.45) is 0 Å². The smallest absolute Gasteiger partial charge is 0.273 e. The summed E-state index contributed by atoms with van der Waals surface area (Å²) in [7, 11) is 0. The highest BCUT2D eigenvalue weighted by Gasteiger charge is 2.16. The van der Waals surface area contributed by atoms with Gasteiger partial charge in [0.15, 0.2) is 0 Å². The van der Waals surface area contributed by atoms with Crippen LogP contribution >= 0.6 is 0 Å². The molecule has 38 heavy (non-hydrogen) atoms. The molecule has 0 aromatic heterocycles. The van der Waals surface area contributed by atoms with E-state index >= 15 is 0 Å². The van der Waals surface area contributed by atoms with Crippen LogP contribution in [0.1, 0.15) is 41.4 Å². The van der Waals surface area contributed by atoms with Gasteiger partial charge in [0.25, 0.3) is 23.6 Å². The zero-order chi connectivity index (χ0) is 27.3. The molecule has 0 spiro atoms. The maximum absolute atomic E-state index is 12.5. The van der Waals surface area contributed by atoms with Crippen molar-refractivity contribution in [1.29, 1.82) is 0 Å². The highest BCUT2D eigenvalue weighted by molar-refractivity contribution is 6.02. The lowest BCUT2D eigenvalue weighted by Crippen LogP contribution is -2.42. The summed E-state index contributed by atoms with van der Waals surface area (Å²) in [6, 6.07) is 18.7. The van der Waals surface area contributed by atoms with Crippen molar-refractivity contribution in [3.63, 3.8) is 0 Å². The predicted octanol–water partition coefficient (Wildman–Crippen LogP) is 2.97. The molecule has 10 heteroatoms. The molecule has 3 aromatic carbocycles. The van der Waals surface area contributed by atoms with E-state index in [0.717, 1.165) is 0 Å². The second-order valence-corrected chi connectivity index (χ2v) is 7.59. The van der Waals surface area contributed by atoms with Crippen LogP contribution in [0, 0.1) is 0 Å². The minimum atomic E-state index is -0.598. The molecule has 0 aliphatic heterocycles. The fraction of sp³-hybridized carbons (Fsp3) is 0.0714. The van der Waals surface area contributed by atoms with Crippen molar-refractivity contribution in [2.75, 3.05) is 13.2 Å². The normalized spacial score (nSPS) is 9.89. The van der Waals surface area contributed by atoms with E-state index in [0.29, 0.717) is 11.5 Å². The van der Waals surface area contributed by atoms with E-state index in [9.17, 15) is 19.2 Å². The molecule has 0 saturated carbocycles. The van der Waals surface area contributed by atoms with E-state index < -0.39 is 23.6 Å². The van der Waals surface area contributed by atoms with Crippen LogP contribution < -0.4 is 31.2 Å². The highest BCUT2D eigenvalue weighted by atomic mass is 16.5. The Morgan fingerprint density at radius 3 is 1.26 bits per heavy atom. The van der Waals surface area contributed by atoms with Crippen molar-refractivity contribution < 1.29 is 28.7 Å². The topological polar surface area (TPSA) is 135 Å². The van der Waals surface area contributed by atoms with Crippen LogP contribution in [0.5, 0.6) is 11.5 Å². The predicted molar refractivity (Wildman–Crippen MR) is 141 cm³/mol. The molecule has 4 N–H and O–H groups in total. The second kappa shape index (κ2) is 13.6. The Hall–Kier alpha value is -5.38. The number of hydrogen-bond donors (Lipinski definition) is 4. The van der Waals surface area contributed by atoms with Crippen molar-refractivity contribution >= 4 is 23.6 Å². The monoisotopic (exact) mass is 514 g/mol. The van der Waals surface area contributed by atoms with Crippen LogP contribution in [0.4, 0.5) is 0 Å². The molecule has 0 radical (unpaired) electrons. The minimum Gasteiger partial charge on any atom is -0.489 e. The van der Waals surface area contributed by atoms with Crippen LogP contribution in [0.2, 0.25) is 0 Å². The summed E-state index contributed by atoms with van der Waals surface area (Å²) in [5.74, 6) is -1.65. The van der Waals surface area contributed by atoms with Crippen LogP contribution in [0.3, 0.4) is 0 Å². The number of hydrogen-bond acceptors (Lipinski definition) is 6. The maximum atomic E-state index is 12.5. The lowest BCUT2D eigenvalue weighted by molar-refractivity contribution is 0.0842. The number of para-hydroxylation sites is 2. The first kappa shape index (κ1) is 27.2. The number of carbonyl (C=O) groups excluding carboxylic acids is 4. The Balaban J connectivity index is 1.54. The Morgan fingerprint density at radius 1 is 0.553 bits per heavy atom. The summed E-state index contributed by atoms with van der Waals surface area (Å²) in [4.78, 5) is 49.9. The molecule has 194 valence electrons. The summed E-state index contributed by atoms with van der Waals surface area (Å²) in [6.07, 6.45) is 3.10. The molecule has 0 bridgehead atoms. The molecule has 0 unspecified atom stereocenters. The molecule has 0 aliphatic carbocycles. The number of ether oxygens (including phenoxy) is 2. The van der Waals surface area contributed by atoms with Gasteiger partial charge in [-0.2, -0.15) is 0 Å². The van der Waals surface area contributed by atoms with Crippen LogP contribution in [0.15, 0.2) is 98.1 Å². The average Bonchev–Trinajstić information content (AvgIpc) is 2.96. The number of nitrogens with one attached hydrogen (secondary N) is 4. The third-order valence-electron chi connectivity index (χ3n) is 4.97. The van der Waals surface area contributed by atoms with Crippen molar-refractivity contribution in [3.8, 4) is 11.5 Å². The standard InChI is InChI=1S/C28H26N4O6/c1-3-17-37-23-11-7-5-9-21(23)27(35)31-29-25(33)19-13-15-20(16-14-19)26(34)30-32-28(36)22-10-6-8-12-24(22)38-18-4-2/h3-16H,1-2,17-18H2,(H,29,33)(H,30,34)(H,31,35)(H,32,36). The number of benzene rings is 3. The molecule has 3 rings (SSSR count). The third kappa shape index (κ3) is 7.31. The molecule has 0 atom stereocenters. The van der Waals surface area contributed by atoms with E-state index in [1.807, 2.05) is 0 Å². The average molecular weight is 515 g/mol. The molecule has 10 nitrogen and oxygen atoms in total. The zero-order valence-corrected chi connectivity index (χ0v) is 20.4. The van der Waals surface area contributed by atoms with E-state index in [2.05, 4.69) is 34.9 Å². The first-order valence-electron chi connectivity index (χ1n) is 11.4. The third-order valence-corrected chi connectivity index (χ3v) is 4.97. The van der Waals surface area contributed by atoms with Gasteiger partial charge in [-0.3, -0.25) is 40.9 Å². The van der Waals surface area contributed by atoms with Gasteiger partial charge in [0.1, 0.15) is 24.7 Å². The van der Waals surface area contributed by atoms with Gasteiger partial charge >= 0.3 is 0 Å². The summed E-state index contributed by atoms with van der Waals surface area (Å²) in [5, 5.41) is 0. The minimum absolute atomic E-state index is 0.190. The van der Waals surface area contributed by atoms with Gasteiger partial charge in [0, 0.05) is 11.1 Å². The van der Waals surface area contributed by atoms with E-state index in [4.69, 9.17) is 9.47 Å². The molecule has 0 heterocycles. The van der Waals surface area contributed by atoms with Gasteiger partial charge in [-0.1, -0.05) is 49.6 Å². The Labute approximate surface area is 219 Å². The van der Waals surface area contributed by atoms with Gasteiger partial charge in [0.2, 0.25) is 0 Å². The summed E-state index contributed by atoms with van der Waals surface area (Å²) >= 11 is 0. The molecular weight excluding hydrogens is 488 g/mol. The van der Waals surface area contributed by atoms with Crippen LogP contribution in [0.25, 0.3) is 0 Å². The Kier molecular flexibility index (Phi) is 9.77. The number of hydrazine groups is 2. The van der Waals surface area contributed by atoms with Gasteiger partial charge < -0.3 is 9.47 Å². The summed E-state index contributed by atoms with van der Waals surface area (Å²) in [5.41, 5.74) is 10.1. The maximum Gasteiger partial charge on any atom is 0.273 e. The van der Waals surface area contributed by atoms with E-state index in [-0.39, 0.29) is 35.5 Å². The van der Waals surface area contributed by atoms with Crippen molar-refractivity contribution in [3.05, 3.63) is 120 Å². The fourth-order valence-corrected chi connectivity index (χ4v) is 3.14. The van der Waals surface area contributed by atoms with Gasteiger partial charge in [-0.05, 0) is 48.5 Å². The Morgan fingerprint density at radius 2 is 0.895 bits per heavy atom. The van der Waals surface area contributed by atoms with Crippen LogP contribution in [-0.4, -0.2) is 36.8 Å². The first-order valence-corrected chi connectivity index (χ1v) is 11.4. The summed E-state index contributed by atoms with van der Waals surface area (Å²) < 4.78 is 10.9. The van der Waals surface area contributed by atoms with Gasteiger partial charge in [0.05, 0.1) is 11.1 Å². The first-order chi connectivity index (χ1) is 18.4. The van der Waals surface area contributed by atoms with Crippen molar-refractivity contribution in [2.45, 2.75) is 0 Å². The highest BCUT2D eigenvalue weighted by Crippen LogP contribution is 2.18. The Bertz CT molecular complexity index is 1230. The molecule has 3 aromatic rings. The van der Waals surface area contributed by atoms with E-state index in [1.165, 1.54) is 24.3 Å². The van der Waals surface area contributed by atoms with Crippen molar-refractivity contribution in [1.82, 2.24) is 21.7 Å². The molecule has 0 aliphatic rings. The van der Waals surface area contributed by atoms with Gasteiger partial charge in [-0.25, -0.2) is 0 Å². The SMILES string of the molecule is C=CCOc1ccccc1C(=O)NNC(=O)c1ccc(C(=O)NNC(=O)c2ccccc2OCC=C)cc1. The quantitative estimate of drug-likeness (QED) is 0.243. The zero-order valence-electron chi connectivity index (χ0n) is 20.4. The molecule has 0 saturated heterocycles. The number of amides is 4. The summed E-state index contributed by atoms with van der Waals surface area (Å²) in [6.45, 7) is 7.58. The molecule has 4 amide bonds. The lowest BCUT2D eigenvalue weighted by atomic mass is 10.1. The fourth-order valence-electron chi connectivity index (χ4n) is 3.14. The number of carbonyl (C=O) groups is 4. The van der Waals surface area contributed by atoms with E-state index in [1.54, 1.807) is 60.7 Å². The van der Waals surface area contributed by atoms with Gasteiger partial charge in [-0.15, -0.1) is 0 Å². The second-order valence-electron chi connectivity index (χ2n) is 7.59. The largest absolute Gasteiger partial charge is 0.489 e. The number of rotatable bonds is 10. The lowest BCUT2D eigenvalue weighted by Gasteiger charge is -2.12. The molecule has 0 fully saturated rings. The van der Waals surface area contributed by atoms with Crippen LogP contribution in [-0.2, 0) is 0 Å².